The lowest BCUT2D eigenvalue weighted by atomic mass is 9.84. The van der Waals surface area contributed by atoms with Crippen molar-refractivity contribution < 1.29 is 0 Å². The molecule has 0 radical (unpaired) electrons. The maximum atomic E-state index is 2.51. The lowest BCUT2D eigenvalue weighted by Gasteiger charge is -2.35. The average molecular weight is 901 g/mol. The van der Waals surface area contributed by atoms with E-state index in [0.717, 1.165) is 5.69 Å². The Morgan fingerprint density at radius 1 is 0.290 bits per heavy atom. The van der Waals surface area contributed by atoms with Gasteiger partial charge in [-0.3, -0.25) is 0 Å². The van der Waals surface area contributed by atoms with Crippen LogP contribution in [0.25, 0.3) is 77.2 Å². The van der Waals surface area contributed by atoms with Gasteiger partial charge in [0.05, 0.1) is 22.1 Å². The molecular formula is C66H52N2Si. The number of benzene rings is 10. The molecule has 3 heteroatoms. The van der Waals surface area contributed by atoms with Gasteiger partial charge >= 0.3 is 0 Å². The molecule has 2 aromatic heterocycles. The fourth-order valence-electron chi connectivity index (χ4n) is 12.0. The van der Waals surface area contributed by atoms with Gasteiger partial charge in [-0.15, -0.1) is 0 Å². The van der Waals surface area contributed by atoms with Crippen LogP contribution in [0.15, 0.2) is 249 Å². The van der Waals surface area contributed by atoms with Crippen LogP contribution in [-0.4, -0.2) is 17.2 Å². The third kappa shape index (κ3) is 6.99. The van der Waals surface area contributed by atoms with Crippen molar-refractivity contribution in [2.75, 3.05) is 0 Å². The Morgan fingerprint density at radius 2 is 0.725 bits per heavy atom. The molecule has 0 atom stereocenters. The van der Waals surface area contributed by atoms with Crippen molar-refractivity contribution in [3.63, 3.8) is 0 Å². The summed E-state index contributed by atoms with van der Waals surface area (Å²) in [5.41, 5.74) is 13.6. The van der Waals surface area contributed by atoms with E-state index in [-0.39, 0.29) is 0 Å². The van der Waals surface area contributed by atoms with Crippen LogP contribution >= 0.6 is 0 Å². The zero-order valence-electron chi connectivity index (χ0n) is 38.7. The number of para-hydroxylation sites is 2. The molecule has 0 bridgehead atoms. The minimum Gasteiger partial charge on any atom is -0.309 e. The summed E-state index contributed by atoms with van der Waals surface area (Å²) in [5.74, 6) is 0.658. The molecule has 1 aliphatic carbocycles. The number of hydrogen-bond donors (Lipinski definition) is 0. The summed E-state index contributed by atoms with van der Waals surface area (Å²) < 4.78 is 5.00. The third-order valence-corrected chi connectivity index (χ3v) is 20.0. The van der Waals surface area contributed by atoms with Crippen LogP contribution in [0.3, 0.4) is 0 Å². The van der Waals surface area contributed by atoms with Crippen molar-refractivity contribution in [2.45, 2.75) is 38.0 Å². The second-order valence-electron chi connectivity index (χ2n) is 19.1. The Labute approximate surface area is 405 Å². The Kier molecular flexibility index (Phi) is 10.3. The van der Waals surface area contributed by atoms with Crippen molar-refractivity contribution >= 4 is 72.4 Å². The zero-order valence-corrected chi connectivity index (χ0v) is 39.7. The normalized spacial score (nSPS) is 13.4. The minimum absolute atomic E-state index is 0.658. The number of rotatable bonds is 9. The summed E-state index contributed by atoms with van der Waals surface area (Å²) in [6, 6.07) is 93.8. The van der Waals surface area contributed by atoms with Crippen molar-refractivity contribution in [2.24, 2.45) is 0 Å². The molecule has 1 saturated carbocycles. The van der Waals surface area contributed by atoms with Crippen LogP contribution in [0.5, 0.6) is 0 Å². The van der Waals surface area contributed by atoms with Crippen LogP contribution in [0.2, 0.25) is 0 Å². The van der Waals surface area contributed by atoms with Crippen LogP contribution in [0.1, 0.15) is 43.6 Å². The fourth-order valence-corrected chi connectivity index (χ4v) is 16.9. The smallest absolute Gasteiger partial charge is 0.179 e. The van der Waals surface area contributed by atoms with Crippen LogP contribution in [0, 0.1) is 0 Å². The van der Waals surface area contributed by atoms with E-state index in [1.807, 2.05) is 0 Å². The van der Waals surface area contributed by atoms with E-state index in [1.165, 1.54) is 130 Å². The molecule has 2 nitrogen and oxygen atoms in total. The Morgan fingerprint density at radius 3 is 1.32 bits per heavy atom. The maximum absolute atomic E-state index is 3.04. The third-order valence-electron chi connectivity index (χ3n) is 15.2. The lowest BCUT2D eigenvalue weighted by molar-refractivity contribution is 0.444. The first-order valence-corrected chi connectivity index (χ1v) is 26.8. The van der Waals surface area contributed by atoms with Gasteiger partial charge in [-0.1, -0.05) is 213 Å². The fraction of sp³-hybridized carbons (Fsp3) is 0.0909. The van der Waals surface area contributed by atoms with Gasteiger partial charge in [0.2, 0.25) is 0 Å². The number of nitrogens with zero attached hydrogens (tertiary/aromatic N) is 2. The van der Waals surface area contributed by atoms with Gasteiger partial charge in [0.15, 0.2) is 8.07 Å². The van der Waals surface area contributed by atoms with Gasteiger partial charge in [0.25, 0.3) is 0 Å². The summed E-state index contributed by atoms with van der Waals surface area (Å²) in [5, 5.41) is 10.5. The van der Waals surface area contributed by atoms with Crippen LogP contribution < -0.4 is 20.7 Å². The zero-order chi connectivity index (χ0) is 45.7. The van der Waals surface area contributed by atoms with Gasteiger partial charge < -0.3 is 9.13 Å². The largest absolute Gasteiger partial charge is 0.309 e. The summed E-state index contributed by atoms with van der Waals surface area (Å²) in [6.07, 6.45) is 6.64. The number of hydrogen-bond acceptors (Lipinski definition) is 0. The Hall–Kier alpha value is -7.98. The highest BCUT2D eigenvalue weighted by atomic mass is 28.3. The first kappa shape index (κ1) is 41.2. The Balaban J connectivity index is 1.02. The van der Waals surface area contributed by atoms with Gasteiger partial charge in [-0.05, 0) is 122 Å². The van der Waals surface area contributed by atoms with E-state index < -0.39 is 8.07 Å². The molecule has 0 unspecified atom stereocenters. The standard InChI is InChI=1S/C66H52N2Si/c1-5-20-47(21-6-1)50-26-17-31-56(42-50)69(55-29-11-4-12-30-55,57-32-18-27-51(43-57)48-22-7-2-8-23-48)58-33-19-28-53(45-58)67-64-37-16-14-35-60(64)62-46-54(39-41-66(62)67)68-63-36-15-13-34-59(63)61-44-52(38-40-65(61)68)49-24-9-3-10-25-49/h1-2,4-8,11-23,26-46,49H,3,9-10,24-25H2. The minimum atomic E-state index is -3.04. The molecule has 0 aliphatic heterocycles. The van der Waals surface area contributed by atoms with Crippen LogP contribution in [-0.2, 0) is 0 Å². The summed E-state index contributed by atoms with van der Waals surface area (Å²) >= 11 is 0. The molecular weight excluding hydrogens is 849 g/mol. The molecule has 0 N–H and O–H groups in total. The lowest BCUT2D eigenvalue weighted by Crippen LogP contribution is -2.74. The molecule has 0 spiro atoms. The highest BCUT2D eigenvalue weighted by Gasteiger charge is 2.42. The summed E-state index contributed by atoms with van der Waals surface area (Å²) in [4.78, 5) is 0. The van der Waals surface area contributed by atoms with Crippen molar-refractivity contribution in [1.29, 1.82) is 0 Å². The number of aromatic nitrogens is 2. The first-order chi connectivity index (χ1) is 34.2. The van der Waals surface area contributed by atoms with Gasteiger partial charge in [0.1, 0.15) is 0 Å². The van der Waals surface area contributed by atoms with Gasteiger partial charge in [0, 0.05) is 32.9 Å². The molecule has 1 aliphatic rings. The Bertz CT molecular complexity index is 3740. The molecule has 69 heavy (non-hydrogen) atoms. The quantitative estimate of drug-likeness (QED) is 0.101. The molecule has 1 fully saturated rings. The van der Waals surface area contributed by atoms with E-state index in [4.69, 9.17) is 0 Å². The molecule has 0 amide bonds. The monoisotopic (exact) mass is 900 g/mol. The van der Waals surface area contributed by atoms with Crippen molar-refractivity contribution in [3.8, 4) is 33.6 Å². The molecule has 330 valence electrons. The van der Waals surface area contributed by atoms with E-state index >= 15 is 0 Å². The van der Waals surface area contributed by atoms with E-state index in [2.05, 4.69) is 258 Å². The molecule has 2 heterocycles. The molecule has 13 rings (SSSR count). The van der Waals surface area contributed by atoms with Crippen LogP contribution in [0.4, 0.5) is 0 Å². The predicted molar refractivity (Wildman–Crippen MR) is 295 cm³/mol. The second-order valence-corrected chi connectivity index (χ2v) is 22.9. The highest BCUT2D eigenvalue weighted by molar-refractivity contribution is 7.20. The summed E-state index contributed by atoms with van der Waals surface area (Å²) in [7, 11) is -3.04. The maximum Gasteiger partial charge on any atom is 0.179 e. The summed E-state index contributed by atoms with van der Waals surface area (Å²) in [6.45, 7) is 0. The average Bonchev–Trinajstić information content (AvgIpc) is 3.95. The first-order valence-electron chi connectivity index (χ1n) is 24.8. The predicted octanol–water partition coefficient (Wildman–Crippen LogP) is 14.6. The SMILES string of the molecule is c1ccc(-c2cccc([Si](c3ccccc3)(c3cccc(-c4ccccc4)c3)c3cccc(-n4c5ccccc5c5cc(-n6c7ccccc7c7cc(C8CCCCC8)ccc76)ccc54)c3)c2)cc1. The number of fused-ring (bicyclic) bond motifs is 6. The van der Waals surface area contributed by atoms with E-state index in [0.29, 0.717) is 5.92 Å². The van der Waals surface area contributed by atoms with E-state index in [9.17, 15) is 0 Å². The topological polar surface area (TPSA) is 9.86 Å². The van der Waals surface area contributed by atoms with Crippen molar-refractivity contribution in [3.05, 3.63) is 254 Å². The van der Waals surface area contributed by atoms with E-state index in [1.54, 1.807) is 0 Å². The molecule has 0 saturated heterocycles. The molecule has 12 aromatic rings. The highest BCUT2D eigenvalue weighted by Crippen LogP contribution is 2.40. The van der Waals surface area contributed by atoms with Gasteiger partial charge in [-0.25, -0.2) is 0 Å². The van der Waals surface area contributed by atoms with Crippen molar-refractivity contribution in [1.82, 2.24) is 9.13 Å². The molecule has 10 aromatic carbocycles. The second kappa shape index (κ2) is 17.3. The van der Waals surface area contributed by atoms with Gasteiger partial charge in [-0.2, -0.15) is 0 Å².